The molecule has 3 heteroatoms. The molecule has 0 radical (unpaired) electrons. The van der Waals surface area contributed by atoms with Crippen LogP contribution in [0, 0.1) is 0 Å². The number of hydrogen-bond donors (Lipinski definition) is 1. The molecular formula is C23H33N2O+. The maximum absolute atomic E-state index is 5.98. The van der Waals surface area contributed by atoms with Gasteiger partial charge in [-0.25, -0.2) is 0 Å². The van der Waals surface area contributed by atoms with Gasteiger partial charge in [0.2, 0.25) is 0 Å². The van der Waals surface area contributed by atoms with Crippen LogP contribution in [-0.4, -0.2) is 39.3 Å². The van der Waals surface area contributed by atoms with Crippen molar-refractivity contribution in [1.29, 1.82) is 0 Å². The zero-order valence-corrected chi connectivity index (χ0v) is 16.4. The monoisotopic (exact) mass is 353 g/mol. The van der Waals surface area contributed by atoms with Crippen molar-refractivity contribution in [3.8, 4) is 0 Å². The number of quaternary nitrogens is 1. The van der Waals surface area contributed by atoms with Gasteiger partial charge < -0.3 is 14.5 Å². The molecule has 0 bridgehead atoms. The van der Waals surface area contributed by atoms with E-state index in [1.54, 1.807) is 4.90 Å². The van der Waals surface area contributed by atoms with Gasteiger partial charge in [0, 0.05) is 25.8 Å². The molecule has 2 aromatic carbocycles. The second kappa shape index (κ2) is 9.20. The minimum atomic E-state index is 0.146. The van der Waals surface area contributed by atoms with Gasteiger partial charge in [0.1, 0.15) is 6.10 Å². The standard InChI is InChI=1S/C23H32N2O/c1-4-24(5-2)16-11-17-25(20-13-7-6-8-14-20)22-18-19-12-9-10-15-21(19)23(22)26-3/h6-10,12-15,22-23H,4-5,11,16-18H2,1-3H3/p+1/t22-,23+/m1/s1. The number of nitrogens with one attached hydrogen (secondary N) is 1. The van der Waals surface area contributed by atoms with Crippen LogP contribution in [0.5, 0.6) is 0 Å². The van der Waals surface area contributed by atoms with Gasteiger partial charge in [0.25, 0.3) is 0 Å². The molecule has 140 valence electrons. The predicted molar refractivity (Wildman–Crippen MR) is 109 cm³/mol. The summed E-state index contributed by atoms with van der Waals surface area (Å²) in [6.07, 6.45) is 2.41. The molecule has 1 aliphatic rings. The van der Waals surface area contributed by atoms with Crippen LogP contribution in [0.2, 0.25) is 0 Å². The highest BCUT2D eigenvalue weighted by Crippen LogP contribution is 2.38. The van der Waals surface area contributed by atoms with E-state index in [2.05, 4.69) is 73.3 Å². The zero-order valence-electron chi connectivity index (χ0n) is 16.4. The molecule has 0 aliphatic heterocycles. The summed E-state index contributed by atoms with van der Waals surface area (Å²) >= 11 is 0. The molecule has 1 aliphatic carbocycles. The van der Waals surface area contributed by atoms with Crippen molar-refractivity contribution in [3.63, 3.8) is 0 Å². The van der Waals surface area contributed by atoms with Gasteiger partial charge >= 0.3 is 0 Å². The molecule has 26 heavy (non-hydrogen) atoms. The zero-order chi connectivity index (χ0) is 18.4. The summed E-state index contributed by atoms with van der Waals surface area (Å²) in [5, 5.41) is 0. The highest BCUT2D eigenvalue weighted by atomic mass is 16.5. The fourth-order valence-electron chi connectivity index (χ4n) is 4.30. The molecule has 1 N–H and O–H groups in total. The normalized spacial score (nSPS) is 18.9. The third-order valence-electron chi connectivity index (χ3n) is 5.81. The third-order valence-corrected chi connectivity index (χ3v) is 5.81. The van der Waals surface area contributed by atoms with Crippen molar-refractivity contribution in [2.45, 2.75) is 38.8 Å². The van der Waals surface area contributed by atoms with Crippen LogP contribution < -0.4 is 9.80 Å². The van der Waals surface area contributed by atoms with E-state index in [0.29, 0.717) is 6.04 Å². The summed E-state index contributed by atoms with van der Waals surface area (Å²) in [6, 6.07) is 20.0. The number of nitrogens with zero attached hydrogens (tertiary/aromatic N) is 1. The summed E-state index contributed by atoms with van der Waals surface area (Å²) < 4.78 is 5.98. The molecule has 3 nitrogen and oxygen atoms in total. The molecular weight excluding hydrogens is 320 g/mol. The highest BCUT2D eigenvalue weighted by Gasteiger charge is 2.36. The summed E-state index contributed by atoms with van der Waals surface area (Å²) in [6.45, 7) is 9.28. The van der Waals surface area contributed by atoms with Crippen molar-refractivity contribution in [3.05, 3.63) is 65.7 Å². The number of ether oxygens (including phenoxy) is 1. The number of anilines is 1. The molecule has 2 aromatic rings. The number of para-hydroxylation sites is 1. The van der Waals surface area contributed by atoms with Gasteiger partial charge in [-0.05, 0) is 43.5 Å². The smallest absolute Gasteiger partial charge is 0.103 e. The van der Waals surface area contributed by atoms with Crippen LogP contribution in [0.1, 0.15) is 37.5 Å². The van der Waals surface area contributed by atoms with Crippen LogP contribution in [0.15, 0.2) is 54.6 Å². The maximum atomic E-state index is 5.98. The Labute approximate surface area is 158 Å². The van der Waals surface area contributed by atoms with Gasteiger partial charge in [0.05, 0.1) is 25.7 Å². The van der Waals surface area contributed by atoms with Crippen LogP contribution >= 0.6 is 0 Å². The van der Waals surface area contributed by atoms with E-state index in [9.17, 15) is 0 Å². The Bertz CT molecular complexity index is 669. The van der Waals surface area contributed by atoms with Crippen molar-refractivity contribution in [2.75, 3.05) is 38.2 Å². The Morgan fingerprint density at radius 1 is 1.00 bits per heavy atom. The molecule has 0 aromatic heterocycles. The Kier molecular flexibility index (Phi) is 6.70. The summed E-state index contributed by atoms with van der Waals surface area (Å²) in [4.78, 5) is 4.26. The topological polar surface area (TPSA) is 16.9 Å². The molecule has 0 fully saturated rings. The number of rotatable bonds is 9. The Morgan fingerprint density at radius 2 is 1.69 bits per heavy atom. The first-order chi connectivity index (χ1) is 12.8. The largest absolute Gasteiger partial charge is 0.375 e. The average Bonchev–Trinajstić information content (AvgIpc) is 3.07. The van der Waals surface area contributed by atoms with Crippen LogP contribution in [-0.2, 0) is 11.2 Å². The minimum Gasteiger partial charge on any atom is -0.375 e. The fourth-order valence-corrected chi connectivity index (χ4v) is 4.30. The Hall–Kier alpha value is -1.84. The van der Waals surface area contributed by atoms with E-state index in [-0.39, 0.29) is 6.10 Å². The quantitative estimate of drug-likeness (QED) is 0.746. The maximum Gasteiger partial charge on any atom is 0.103 e. The average molecular weight is 354 g/mol. The number of hydrogen-bond acceptors (Lipinski definition) is 2. The van der Waals surface area contributed by atoms with E-state index in [1.807, 2.05) is 7.11 Å². The van der Waals surface area contributed by atoms with Crippen LogP contribution in [0.3, 0.4) is 0 Å². The van der Waals surface area contributed by atoms with Crippen molar-refractivity contribution >= 4 is 5.69 Å². The van der Waals surface area contributed by atoms with E-state index < -0.39 is 0 Å². The van der Waals surface area contributed by atoms with E-state index in [4.69, 9.17) is 4.74 Å². The molecule has 0 spiro atoms. The number of methoxy groups -OCH3 is 1. The summed E-state index contributed by atoms with van der Waals surface area (Å²) in [7, 11) is 1.85. The second-order valence-corrected chi connectivity index (χ2v) is 7.22. The first kappa shape index (κ1) is 18.9. The van der Waals surface area contributed by atoms with E-state index in [0.717, 1.165) is 13.0 Å². The molecule has 0 unspecified atom stereocenters. The van der Waals surface area contributed by atoms with Gasteiger partial charge in [-0.1, -0.05) is 42.5 Å². The summed E-state index contributed by atoms with van der Waals surface area (Å²) in [5.41, 5.74) is 4.09. The molecule has 2 atom stereocenters. The first-order valence-electron chi connectivity index (χ1n) is 10.0. The highest BCUT2D eigenvalue weighted by molar-refractivity contribution is 5.50. The first-order valence-corrected chi connectivity index (χ1v) is 10.0. The Morgan fingerprint density at radius 3 is 2.38 bits per heavy atom. The lowest BCUT2D eigenvalue weighted by atomic mass is 10.1. The van der Waals surface area contributed by atoms with Crippen molar-refractivity contribution < 1.29 is 9.64 Å². The van der Waals surface area contributed by atoms with Crippen molar-refractivity contribution in [2.24, 2.45) is 0 Å². The van der Waals surface area contributed by atoms with Crippen LogP contribution in [0.25, 0.3) is 0 Å². The fraction of sp³-hybridized carbons (Fsp3) is 0.478. The molecule has 0 saturated heterocycles. The lowest BCUT2D eigenvalue weighted by Crippen LogP contribution is -3.11. The molecule has 3 rings (SSSR count). The molecule has 0 heterocycles. The predicted octanol–water partition coefficient (Wildman–Crippen LogP) is 3.12. The lowest BCUT2D eigenvalue weighted by molar-refractivity contribution is -0.896. The van der Waals surface area contributed by atoms with Crippen LogP contribution in [0.4, 0.5) is 5.69 Å². The van der Waals surface area contributed by atoms with Gasteiger partial charge in [-0.15, -0.1) is 0 Å². The molecule has 0 saturated carbocycles. The third kappa shape index (κ3) is 4.11. The van der Waals surface area contributed by atoms with Crippen molar-refractivity contribution in [1.82, 2.24) is 0 Å². The number of benzene rings is 2. The number of fused-ring (bicyclic) bond motifs is 1. The minimum absolute atomic E-state index is 0.146. The Balaban J connectivity index is 1.80. The van der Waals surface area contributed by atoms with Gasteiger partial charge in [0.15, 0.2) is 0 Å². The van der Waals surface area contributed by atoms with Gasteiger partial charge in [-0.2, -0.15) is 0 Å². The SMILES string of the molecule is CC[NH+](CC)CCCN(c1ccccc1)[C@@H]1Cc2ccccc2[C@@H]1OC. The van der Waals surface area contributed by atoms with E-state index >= 15 is 0 Å². The second-order valence-electron chi connectivity index (χ2n) is 7.22. The summed E-state index contributed by atoms with van der Waals surface area (Å²) in [5.74, 6) is 0. The lowest BCUT2D eigenvalue weighted by Gasteiger charge is -2.35. The van der Waals surface area contributed by atoms with E-state index in [1.165, 1.54) is 42.9 Å². The van der Waals surface area contributed by atoms with Gasteiger partial charge in [-0.3, -0.25) is 0 Å². The molecule has 0 amide bonds.